The van der Waals surface area contributed by atoms with Crippen LogP contribution in [0.1, 0.15) is 36.8 Å². The van der Waals surface area contributed by atoms with Crippen molar-refractivity contribution in [1.29, 1.82) is 0 Å². The zero-order chi connectivity index (χ0) is 37.3. The average Bonchev–Trinajstić information content (AvgIpc) is 4.10. The minimum absolute atomic E-state index is 0.00201. The van der Waals surface area contributed by atoms with E-state index in [-0.39, 0.29) is 43.9 Å². The first-order valence-corrected chi connectivity index (χ1v) is 18.8. The van der Waals surface area contributed by atoms with Crippen LogP contribution in [-0.2, 0) is 31.7 Å². The van der Waals surface area contributed by atoms with Crippen molar-refractivity contribution in [2.75, 3.05) is 39.5 Å². The number of hydrogen-bond acceptors (Lipinski definition) is 12. The van der Waals surface area contributed by atoms with Gasteiger partial charge < -0.3 is 50.4 Å². The molecule has 1 aromatic heterocycles. The zero-order valence-corrected chi connectivity index (χ0v) is 29.9. The fourth-order valence-electron chi connectivity index (χ4n) is 5.50. The van der Waals surface area contributed by atoms with Crippen molar-refractivity contribution in [3.8, 4) is 16.9 Å². The number of amides is 2. The highest BCUT2D eigenvalue weighted by Gasteiger charge is 2.48. The first-order valence-electron chi connectivity index (χ1n) is 17.0. The summed E-state index contributed by atoms with van der Waals surface area (Å²) in [5, 5.41) is 52.6. The number of carbonyl (C=O) groups is 1. The fraction of sp³-hybridized carbons (Fsp3) is 0.486. The largest absolute Gasteiger partial charge is 0.490 e. The molecular formula is C35H45ClN4O11S. The summed E-state index contributed by atoms with van der Waals surface area (Å²) >= 11 is 6.49. The molecule has 0 saturated heterocycles. The Balaban J connectivity index is 1.09. The van der Waals surface area contributed by atoms with Gasteiger partial charge in [-0.25, -0.2) is 17.9 Å². The maximum atomic E-state index is 13.1. The fourth-order valence-corrected chi connectivity index (χ4v) is 6.74. The molecule has 0 radical (unpaired) electrons. The summed E-state index contributed by atoms with van der Waals surface area (Å²) in [5.74, 6) is 0.816. The van der Waals surface area contributed by atoms with Gasteiger partial charge in [0.15, 0.2) is 0 Å². The van der Waals surface area contributed by atoms with Crippen molar-refractivity contribution < 1.29 is 53.0 Å². The van der Waals surface area contributed by atoms with Gasteiger partial charge in [0.25, 0.3) is 0 Å². The van der Waals surface area contributed by atoms with Crippen LogP contribution in [0.5, 0.6) is 5.75 Å². The molecule has 4 atom stereocenters. The van der Waals surface area contributed by atoms with Crippen molar-refractivity contribution in [2.45, 2.75) is 73.2 Å². The molecule has 1 heterocycles. The summed E-state index contributed by atoms with van der Waals surface area (Å²) in [7, 11) is -3.94. The van der Waals surface area contributed by atoms with Gasteiger partial charge >= 0.3 is 6.03 Å². The van der Waals surface area contributed by atoms with E-state index in [0.717, 1.165) is 48.1 Å². The van der Waals surface area contributed by atoms with Crippen LogP contribution in [0.3, 0.4) is 0 Å². The molecule has 0 spiro atoms. The second kappa shape index (κ2) is 18.1. The van der Waals surface area contributed by atoms with Gasteiger partial charge in [-0.15, -0.1) is 0 Å². The Morgan fingerprint density at radius 3 is 2.44 bits per heavy atom. The van der Waals surface area contributed by atoms with E-state index < -0.39 is 59.2 Å². The SMILES string of the molecule is O=C(NCCOCCNS(=O)(=O)c1ccc(Cl)c(COC2(c3cnccc3-c3ccccc3OC3CC3)CC2)c1)N[C@H](CO)[C@H](O)[C@@H](O)[C@@H](O)CO. The van der Waals surface area contributed by atoms with Gasteiger partial charge in [-0.3, -0.25) is 4.98 Å². The number of nitrogens with zero attached hydrogens (tertiary/aromatic N) is 1. The number of ether oxygens (including phenoxy) is 3. The molecule has 0 unspecified atom stereocenters. The molecule has 284 valence electrons. The van der Waals surface area contributed by atoms with Crippen LogP contribution in [0.25, 0.3) is 11.1 Å². The highest BCUT2D eigenvalue weighted by atomic mass is 35.5. The molecule has 2 aliphatic rings. The Hall–Kier alpha value is -3.42. The Kier molecular flexibility index (Phi) is 13.8. The molecule has 2 amide bonds. The van der Waals surface area contributed by atoms with Crippen LogP contribution >= 0.6 is 11.6 Å². The van der Waals surface area contributed by atoms with Gasteiger partial charge in [-0.05, 0) is 67.1 Å². The third-order valence-corrected chi connectivity index (χ3v) is 10.6. The van der Waals surface area contributed by atoms with Crippen LogP contribution < -0.4 is 20.1 Å². The molecule has 2 fully saturated rings. The van der Waals surface area contributed by atoms with Gasteiger partial charge in [-0.1, -0.05) is 29.8 Å². The Morgan fingerprint density at radius 1 is 0.981 bits per heavy atom. The van der Waals surface area contributed by atoms with E-state index in [0.29, 0.717) is 10.6 Å². The van der Waals surface area contributed by atoms with Gasteiger partial charge in [0.05, 0.1) is 55.7 Å². The zero-order valence-electron chi connectivity index (χ0n) is 28.4. The lowest BCUT2D eigenvalue weighted by Crippen LogP contribution is -2.56. The number of pyridine rings is 1. The summed E-state index contributed by atoms with van der Waals surface area (Å²) < 4.78 is 46.7. The number of hydrogen-bond donors (Lipinski definition) is 8. The predicted octanol–water partition coefficient (Wildman–Crippen LogP) is 1.18. The van der Waals surface area contributed by atoms with Crippen LogP contribution in [0.15, 0.2) is 65.8 Å². The number of rotatable bonds is 21. The van der Waals surface area contributed by atoms with Gasteiger partial charge in [-0.2, -0.15) is 0 Å². The van der Waals surface area contributed by atoms with Gasteiger partial charge in [0, 0.05) is 41.6 Å². The molecule has 15 nitrogen and oxygen atoms in total. The number of aromatic nitrogens is 1. The van der Waals surface area contributed by atoms with E-state index in [1.807, 2.05) is 36.5 Å². The average molecular weight is 765 g/mol. The normalized spacial score (nSPS) is 17.5. The highest BCUT2D eigenvalue weighted by molar-refractivity contribution is 7.89. The molecule has 0 bridgehead atoms. The molecule has 5 rings (SSSR count). The highest BCUT2D eigenvalue weighted by Crippen LogP contribution is 2.53. The van der Waals surface area contributed by atoms with Crippen LogP contribution in [0.4, 0.5) is 4.79 Å². The Morgan fingerprint density at radius 2 is 1.73 bits per heavy atom. The smallest absolute Gasteiger partial charge is 0.315 e. The molecular weight excluding hydrogens is 720 g/mol. The summed E-state index contributed by atoms with van der Waals surface area (Å²) in [6.45, 7) is -1.57. The van der Waals surface area contributed by atoms with E-state index in [1.165, 1.54) is 18.2 Å². The molecule has 2 aromatic carbocycles. The van der Waals surface area contributed by atoms with Crippen LogP contribution in [-0.4, -0.2) is 115 Å². The van der Waals surface area contributed by atoms with Gasteiger partial charge in [0.2, 0.25) is 10.0 Å². The molecule has 3 aromatic rings. The molecule has 8 N–H and O–H groups in total. The van der Waals surface area contributed by atoms with E-state index in [1.54, 1.807) is 6.20 Å². The minimum atomic E-state index is -3.94. The van der Waals surface area contributed by atoms with E-state index in [4.69, 9.17) is 30.9 Å². The van der Waals surface area contributed by atoms with Gasteiger partial charge in [0.1, 0.15) is 24.1 Å². The van der Waals surface area contributed by atoms with Crippen molar-refractivity contribution in [3.63, 3.8) is 0 Å². The number of halogens is 1. The molecule has 2 saturated carbocycles. The number of benzene rings is 2. The number of sulfonamides is 1. The maximum Gasteiger partial charge on any atom is 0.315 e. The minimum Gasteiger partial charge on any atom is -0.490 e. The van der Waals surface area contributed by atoms with Crippen molar-refractivity contribution in [3.05, 3.63) is 77.1 Å². The van der Waals surface area contributed by atoms with Crippen molar-refractivity contribution in [2.24, 2.45) is 0 Å². The standard InChI is InChI=1S/C35H45ClN4O11S/c36-28-8-7-24(52(47,48)39-14-16-49-15-13-38-34(46)40-29(19-41)32(44)33(45)30(43)20-42)17-22(28)21-50-35(10-11-35)27-18-37-12-9-25(27)26-3-1-2-4-31(26)51-23-5-6-23/h1-4,7-9,12,17-18,23,29-30,32-33,39,41-45H,5-6,10-11,13-16,19-21H2,(H2,38,40,46)/t29-,30+,32+,33+/m1/s1. The lowest BCUT2D eigenvalue weighted by Gasteiger charge is -2.28. The third kappa shape index (κ3) is 10.4. The lowest BCUT2D eigenvalue weighted by atomic mass is 9.96. The summed E-state index contributed by atoms with van der Waals surface area (Å²) in [6.07, 6.45) is 2.20. The summed E-state index contributed by atoms with van der Waals surface area (Å²) in [5.41, 5.74) is 2.77. The topological polar surface area (TPSA) is 229 Å². The molecule has 2 aliphatic carbocycles. The second-order valence-electron chi connectivity index (χ2n) is 12.7. The number of nitrogens with one attached hydrogen (secondary N) is 3. The Bertz CT molecular complexity index is 1760. The first kappa shape index (κ1) is 39.8. The number of urea groups is 1. The number of carbonyl (C=O) groups excluding carboxylic acids is 1. The van der Waals surface area contributed by atoms with E-state index in [9.17, 15) is 33.6 Å². The Labute approximate surface area is 307 Å². The van der Waals surface area contributed by atoms with Crippen molar-refractivity contribution in [1.82, 2.24) is 20.3 Å². The predicted molar refractivity (Wildman–Crippen MR) is 189 cm³/mol. The van der Waals surface area contributed by atoms with Crippen LogP contribution in [0, 0.1) is 0 Å². The van der Waals surface area contributed by atoms with Crippen LogP contribution in [0.2, 0.25) is 5.02 Å². The number of aliphatic hydroxyl groups excluding tert-OH is 5. The van der Waals surface area contributed by atoms with E-state index in [2.05, 4.69) is 20.3 Å². The molecule has 17 heteroatoms. The maximum absolute atomic E-state index is 13.1. The third-order valence-electron chi connectivity index (χ3n) is 8.77. The van der Waals surface area contributed by atoms with E-state index >= 15 is 0 Å². The number of aliphatic hydroxyl groups is 5. The monoisotopic (exact) mass is 764 g/mol. The first-order chi connectivity index (χ1) is 25.0. The lowest BCUT2D eigenvalue weighted by molar-refractivity contribution is -0.0902. The quantitative estimate of drug-likeness (QED) is 0.0716. The summed E-state index contributed by atoms with van der Waals surface area (Å²) in [6, 6.07) is 12.2. The molecule has 52 heavy (non-hydrogen) atoms. The summed E-state index contributed by atoms with van der Waals surface area (Å²) in [4.78, 5) is 16.5. The number of para-hydroxylation sites is 1. The van der Waals surface area contributed by atoms with Crippen molar-refractivity contribution >= 4 is 27.7 Å². The molecule has 0 aliphatic heterocycles. The second-order valence-corrected chi connectivity index (χ2v) is 14.9.